The molecule has 3 nitrogen and oxygen atoms in total. The van der Waals surface area contributed by atoms with E-state index in [4.69, 9.17) is 9.47 Å². The lowest BCUT2D eigenvalue weighted by molar-refractivity contribution is -0.102. The lowest BCUT2D eigenvalue weighted by Gasteiger charge is -2.52. The van der Waals surface area contributed by atoms with Crippen molar-refractivity contribution in [2.45, 2.75) is 26.2 Å². The number of nitrogens with one attached hydrogen (secondary N) is 1. The third-order valence-electron chi connectivity index (χ3n) is 4.97. The van der Waals surface area contributed by atoms with E-state index >= 15 is 0 Å². The smallest absolute Gasteiger partial charge is 0.126 e. The van der Waals surface area contributed by atoms with Crippen LogP contribution in [0.25, 0.3) is 0 Å². The first-order valence-electron chi connectivity index (χ1n) is 7.04. The highest BCUT2D eigenvalue weighted by Gasteiger charge is 2.51. The van der Waals surface area contributed by atoms with Gasteiger partial charge in [0.05, 0.1) is 25.7 Å². The van der Waals surface area contributed by atoms with Gasteiger partial charge in [-0.3, -0.25) is 0 Å². The standard InChI is InChI=1S/C16H23NO2/c1-10-5-11(2)14(15(18-4)12(10)3)16(8-19-9-16)13-6-17-7-13/h5,13,17H,6-9H2,1-4H3. The molecule has 2 aliphatic heterocycles. The molecule has 0 saturated carbocycles. The molecular formula is C16H23NO2. The zero-order valence-electron chi connectivity index (χ0n) is 12.3. The molecule has 2 fully saturated rings. The average Bonchev–Trinajstić information content (AvgIpc) is 2.26. The molecule has 1 aromatic rings. The molecule has 0 radical (unpaired) electrons. The van der Waals surface area contributed by atoms with Gasteiger partial charge >= 0.3 is 0 Å². The molecule has 0 atom stereocenters. The second kappa shape index (κ2) is 4.50. The quantitative estimate of drug-likeness (QED) is 0.904. The van der Waals surface area contributed by atoms with Crippen molar-refractivity contribution >= 4 is 0 Å². The van der Waals surface area contributed by atoms with Crippen LogP contribution in [0.2, 0.25) is 0 Å². The summed E-state index contributed by atoms with van der Waals surface area (Å²) >= 11 is 0. The van der Waals surface area contributed by atoms with Crippen LogP contribution in [-0.4, -0.2) is 33.4 Å². The number of methoxy groups -OCH3 is 1. The Kier molecular flexibility index (Phi) is 3.06. The molecule has 2 aliphatic rings. The van der Waals surface area contributed by atoms with Gasteiger partial charge in [0.25, 0.3) is 0 Å². The molecule has 0 aromatic heterocycles. The Bertz CT molecular complexity index is 502. The minimum absolute atomic E-state index is 0.166. The molecule has 3 heteroatoms. The van der Waals surface area contributed by atoms with Crippen LogP contribution in [0.1, 0.15) is 22.3 Å². The van der Waals surface area contributed by atoms with Gasteiger partial charge in [0, 0.05) is 18.7 Å². The van der Waals surface area contributed by atoms with Crippen molar-refractivity contribution in [3.63, 3.8) is 0 Å². The van der Waals surface area contributed by atoms with Gasteiger partial charge in [-0.2, -0.15) is 0 Å². The minimum Gasteiger partial charge on any atom is -0.496 e. The fourth-order valence-electron chi connectivity index (χ4n) is 3.51. The van der Waals surface area contributed by atoms with Gasteiger partial charge in [-0.05, 0) is 43.4 Å². The maximum atomic E-state index is 5.76. The summed E-state index contributed by atoms with van der Waals surface area (Å²) in [5, 5.41) is 3.39. The van der Waals surface area contributed by atoms with Crippen molar-refractivity contribution in [3.8, 4) is 5.75 Å². The number of benzene rings is 1. The van der Waals surface area contributed by atoms with Gasteiger partial charge in [-0.1, -0.05) is 6.07 Å². The summed E-state index contributed by atoms with van der Waals surface area (Å²) in [4.78, 5) is 0. The molecule has 1 aromatic carbocycles. The summed E-state index contributed by atoms with van der Waals surface area (Å²) in [6.45, 7) is 10.4. The maximum Gasteiger partial charge on any atom is 0.126 e. The van der Waals surface area contributed by atoms with Crippen LogP contribution < -0.4 is 10.1 Å². The van der Waals surface area contributed by atoms with E-state index in [1.807, 2.05) is 0 Å². The zero-order chi connectivity index (χ0) is 13.6. The number of hydrogen-bond donors (Lipinski definition) is 1. The Hall–Kier alpha value is -1.06. The highest BCUT2D eigenvalue weighted by molar-refractivity contribution is 5.54. The topological polar surface area (TPSA) is 30.5 Å². The Morgan fingerprint density at radius 2 is 1.89 bits per heavy atom. The summed E-state index contributed by atoms with van der Waals surface area (Å²) in [5.74, 6) is 1.75. The van der Waals surface area contributed by atoms with E-state index < -0.39 is 0 Å². The first-order chi connectivity index (χ1) is 9.10. The van der Waals surface area contributed by atoms with Gasteiger partial charge in [-0.15, -0.1) is 0 Å². The zero-order valence-corrected chi connectivity index (χ0v) is 12.3. The molecule has 104 valence electrons. The first-order valence-corrected chi connectivity index (χ1v) is 7.04. The van der Waals surface area contributed by atoms with Crippen LogP contribution in [0.4, 0.5) is 0 Å². The van der Waals surface area contributed by atoms with Crippen LogP contribution in [0, 0.1) is 26.7 Å². The number of hydrogen-bond acceptors (Lipinski definition) is 3. The van der Waals surface area contributed by atoms with E-state index in [0.717, 1.165) is 32.1 Å². The summed E-state index contributed by atoms with van der Waals surface area (Å²) in [6.07, 6.45) is 0. The van der Waals surface area contributed by atoms with E-state index in [9.17, 15) is 0 Å². The van der Waals surface area contributed by atoms with Crippen LogP contribution in [-0.2, 0) is 10.2 Å². The Morgan fingerprint density at radius 1 is 1.21 bits per heavy atom. The van der Waals surface area contributed by atoms with Gasteiger partial charge in [-0.25, -0.2) is 0 Å². The molecule has 0 amide bonds. The fourth-order valence-corrected chi connectivity index (χ4v) is 3.51. The molecule has 2 heterocycles. The van der Waals surface area contributed by atoms with Gasteiger partial charge in [0.15, 0.2) is 0 Å². The monoisotopic (exact) mass is 261 g/mol. The molecular weight excluding hydrogens is 238 g/mol. The molecule has 0 aliphatic carbocycles. The number of ether oxygens (including phenoxy) is 2. The van der Waals surface area contributed by atoms with Crippen molar-refractivity contribution in [2.24, 2.45) is 5.92 Å². The third-order valence-corrected chi connectivity index (χ3v) is 4.97. The van der Waals surface area contributed by atoms with Crippen molar-refractivity contribution < 1.29 is 9.47 Å². The summed E-state index contributed by atoms with van der Waals surface area (Å²) in [5.41, 5.74) is 5.46. The summed E-state index contributed by atoms with van der Waals surface area (Å²) in [6, 6.07) is 2.29. The van der Waals surface area contributed by atoms with Gasteiger partial charge < -0.3 is 14.8 Å². The van der Waals surface area contributed by atoms with Crippen LogP contribution >= 0.6 is 0 Å². The first kappa shape index (κ1) is 12.9. The molecule has 1 N–H and O–H groups in total. The third kappa shape index (κ3) is 1.72. The van der Waals surface area contributed by atoms with Crippen molar-refractivity contribution in [2.75, 3.05) is 33.4 Å². The van der Waals surface area contributed by atoms with Crippen molar-refractivity contribution in [1.82, 2.24) is 5.32 Å². The molecule has 3 rings (SSSR count). The second-order valence-electron chi connectivity index (χ2n) is 6.05. The normalized spacial score (nSPS) is 21.7. The molecule has 0 bridgehead atoms. The minimum atomic E-state index is 0.166. The highest BCUT2D eigenvalue weighted by atomic mass is 16.5. The van der Waals surface area contributed by atoms with E-state index in [1.165, 1.54) is 22.3 Å². The predicted octanol–water partition coefficient (Wildman–Crippen LogP) is 2.11. The maximum absolute atomic E-state index is 5.76. The van der Waals surface area contributed by atoms with Gasteiger partial charge in [0.1, 0.15) is 5.75 Å². The van der Waals surface area contributed by atoms with E-state index in [0.29, 0.717) is 5.92 Å². The number of rotatable bonds is 3. The second-order valence-corrected chi connectivity index (χ2v) is 6.05. The fraction of sp³-hybridized carbons (Fsp3) is 0.625. The Morgan fingerprint density at radius 3 is 2.32 bits per heavy atom. The Balaban J connectivity index is 2.15. The molecule has 2 saturated heterocycles. The SMILES string of the molecule is COc1c(C)c(C)cc(C)c1C1(C2CNC2)COC1. The van der Waals surface area contributed by atoms with Crippen molar-refractivity contribution in [3.05, 3.63) is 28.3 Å². The highest BCUT2D eigenvalue weighted by Crippen LogP contribution is 2.48. The van der Waals surface area contributed by atoms with E-state index in [-0.39, 0.29) is 5.41 Å². The van der Waals surface area contributed by atoms with Crippen LogP contribution in [0.15, 0.2) is 6.07 Å². The number of aryl methyl sites for hydroxylation is 2. The average molecular weight is 261 g/mol. The van der Waals surface area contributed by atoms with Crippen LogP contribution in [0.5, 0.6) is 5.75 Å². The van der Waals surface area contributed by atoms with E-state index in [2.05, 4.69) is 32.2 Å². The molecule has 0 spiro atoms. The summed E-state index contributed by atoms with van der Waals surface area (Å²) in [7, 11) is 1.79. The lowest BCUT2D eigenvalue weighted by Crippen LogP contribution is -2.63. The predicted molar refractivity (Wildman–Crippen MR) is 76.1 cm³/mol. The Labute approximate surface area is 115 Å². The lowest BCUT2D eigenvalue weighted by atomic mass is 9.64. The van der Waals surface area contributed by atoms with E-state index in [1.54, 1.807) is 7.11 Å². The summed E-state index contributed by atoms with van der Waals surface area (Å²) < 4.78 is 11.4. The largest absolute Gasteiger partial charge is 0.496 e. The molecule has 19 heavy (non-hydrogen) atoms. The van der Waals surface area contributed by atoms with Crippen LogP contribution in [0.3, 0.4) is 0 Å². The van der Waals surface area contributed by atoms with Gasteiger partial charge in [0.2, 0.25) is 0 Å². The molecule has 0 unspecified atom stereocenters. The van der Waals surface area contributed by atoms with Crippen molar-refractivity contribution in [1.29, 1.82) is 0 Å².